The molecule has 0 aromatic heterocycles. The molecule has 0 aromatic carbocycles. The zero-order valence-electron chi connectivity index (χ0n) is 8.00. The van der Waals surface area contributed by atoms with Crippen molar-refractivity contribution < 1.29 is 19.8 Å². The Labute approximate surface area is 76.8 Å². The van der Waals surface area contributed by atoms with Crippen LogP contribution in [0.25, 0.3) is 0 Å². The summed E-state index contributed by atoms with van der Waals surface area (Å²) >= 11 is 0. The molecule has 2 atom stereocenters. The van der Waals surface area contributed by atoms with Crippen LogP contribution >= 0.6 is 0 Å². The molecule has 0 aliphatic rings. The van der Waals surface area contributed by atoms with Crippen LogP contribution < -0.4 is 5.32 Å². The summed E-state index contributed by atoms with van der Waals surface area (Å²) < 4.78 is 0. The Morgan fingerprint density at radius 3 is 2.23 bits per heavy atom. The van der Waals surface area contributed by atoms with Gasteiger partial charge in [0.1, 0.15) is 5.41 Å². The van der Waals surface area contributed by atoms with Crippen molar-refractivity contribution in [1.29, 1.82) is 0 Å². The minimum atomic E-state index is -1.55. The summed E-state index contributed by atoms with van der Waals surface area (Å²) in [4.78, 5) is 22.0. The maximum Gasteiger partial charge on any atom is 0.319 e. The number of carbonyl (C=O) groups is 2. The van der Waals surface area contributed by atoms with Gasteiger partial charge in [-0.3, -0.25) is 9.59 Å². The van der Waals surface area contributed by atoms with E-state index in [1.807, 2.05) is 0 Å². The van der Waals surface area contributed by atoms with Crippen LogP contribution in [0.1, 0.15) is 20.3 Å². The smallest absolute Gasteiger partial charge is 0.319 e. The van der Waals surface area contributed by atoms with Crippen LogP contribution in [0.2, 0.25) is 0 Å². The number of carboxylic acid groups (broad SMARTS) is 1. The van der Waals surface area contributed by atoms with Crippen molar-refractivity contribution in [2.45, 2.75) is 26.4 Å². The van der Waals surface area contributed by atoms with Crippen LogP contribution in [0.4, 0.5) is 0 Å². The fourth-order valence-electron chi connectivity index (χ4n) is 1.14. The van der Waals surface area contributed by atoms with E-state index in [0.29, 0.717) is 0 Å². The first-order valence-corrected chi connectivity index (χ1v) is 3.98. The SMILES string of the molecule is CNC(=O)C(C)(CC(C)O)C(=O)O. The first-order chi connectivity index (χ1) is 5.84. The molecule has 3 N–H and O–H groups in total. The summed E-state index contributed by atoms with van der Waals surface area (Å²) in [6.07, 6.45) is -0.916. The molecule has 1 amide bonds. The van der Waals surface area contributed by atoms with Crippen LogP contribution in [0.5, 0.6) is 0 Å². The van der Waals surface area contributed by atoms with Crippen LogP contribution in [-0.4, -0.2) is 35.2 Å². The van der Waals surface area contributed by atoms with Crippen molar-refractivity contribution >= 4 is 11.9 Å². The van der Waals surface area contributed by atoms with Gasteiger partial charge in [-0.25, -0.2) is 0 Å². The summed E-state index contributed by atoms with van der Waals surface area (Å²) in [6, 6.07) is 0. The third kappa shape index (κ3) is 2.69. The standard InChI is InChI=1S/C8H15NO4/c1-5(10)4-8(2,7(12)13)6(11)9-3/h5,10H,4H2,1-3H3,(H,9,11)(H,12,13). The second kappa shape index (κ2) is 4.23. The van der Waals surface area contributed by atoms with Crippen LogP contribution in [0, 0.1) is 5.41 Å². The Morgan fingerprint density at radius 1 is 1.54 bits per heavy atom. The van der Waals surface area contributed by atoms with Gasteiger partial charge >= 0.3 is 5.97 Å². The number of aliphatic hydroxyl groups excluding tert-OH is 1. The van der Waals surface area contributed by atoms with Crippen molar-refractivity contribution in [3.05, 3.63) is 0 Å². The molecule has 0 spiro atoms. The van der Waals surface area contributed by atoms with Gasteiger partial charge in [-0.1, -0.05) is 0 Å². The molecule has 0 heterocycles. The predicted octanol–water partition coefficient (Wildman–Crippen LogP) is -0.406. The van der Waals surface area contributed by atoms with Crippen molar-refractivity contribution in [1.82, 2.24) is 5.32 Å². The molecule has 2 unspecified atom stereocenters. The highest BCUT2D eigenvalue weighted by Gasteiger charge is 2.41. The maximum absolute atomic E-state index is 11.2. The molecule has 0 saturated carbocycles. The number of aliphatic hydroxyl groups is 1. The van der Waals surface area contributed by atoms with Crippen molar-refractivity contribution in [2.24, 2.45) is 5.41 Å². The highest BCUT2D eigenvalue weighted by atomic mass is 16.4. The van der Waals surface area contributed by atoms with E-state index in [0.717, 1.165) is 0 Å². The van der Waals surface area contributed by atoms with Gasteiger partial charge in [-0.2, -0.15) is 0 Å². The maximum atomic E-state index is 11.2. The largest absolute Gasteiger partial charge is 0.480 e. The summed E-state index contributed by atoms with van der Waals surface area (Å²) in [7, 11) is 1.37. The number of hydrogen-bond donors (Lipinski definition) is 3. The number of hydrogen-bond acceptors (Lipinski definition) is 3. The lowest BCUT2D eigenvalue weighted by Crippen LogP contribution is -2.44. The average Bonchev–Trinajstić information content (AvgIpc) is 2.01. The van der Waals surface area contributed by atoms with E-state index in [2.05, 4.69) is 5.32 Å². The van der Waals surface area contributed by atoms with E-state index >= 15 is 0 Å². The van der Waals surface area contributed by atoms with E-state index in [9.17, 15) is 9.59 Å². The molecule has 5 heteroatoms. The van der Waals surface area contributed by atoms with Crippen molar-refractivity contribution in [2.75, 3.05) is 7.05 Å². The highest BCUT2D eigenvalue weighted by molar-refractivity contribution is 6.01. The molecule has 0 aliphatic heterocycles. The molecular formula is C8H15NO4. The number of carbonyl (C=O) groups excluding carboxylic acids is 1. The minimum Gasteiger partial charge on any atom is -0.480 e. The Bertz CT molecular complexity index is 214. The number of aliphatic carboxylic acids is 1. The zero-order valence-corrected chi connectivity index (χ0v) is 8.00. The van der Waals surface area contributed by atoms with Gasteiger partial charge in [0.25, 0.3) is 0 Å². The molecule has 76 valence electrons. The van der Waals surface area contributed by atoms with Crippen molar-refractivity contribution in [3.63, 3.8) is 0 Å². The molecular weight excluding hydrogens is 174 g/mol. The van der Waals surface area contributed by atoms with Crippen LogP contribution in [-0.2, 0) is 9.59 Å². The summed E-state index contributed by atoms with van der Waals surface area (Å²) in [5.74, 6) is -1.83. The first-order valence-electron chi connectivity index (χ1n) is 3.98. The fourth-order valence-corrected chi connectivity index (χ4v) is 1.14. The molecule has 0 radical (unpaired) electrons. The predicted molar refractivity (Wildman–Crippen MR) is 46.1 cm³/mol. The quantitative estimate of drug-likeness (QED) is 0.525. The fraction of sp³-hybridized carbons (Fsp3) is 0.750. The Balaban J connectivity index is 4.73. The number of nitrogens with one attached hydrogen (secondary N) is 1. The van der Waals surface area contributed by atoms with Gasteiger partial charge in [-0.15, -0.1) is 0 Å². The monoisotopic (exact) mass is 189 g/mol. The number of carboxylic acids is 1. The summed E-state index contributed by atoms with van der Waals surface area (Å²) in [5, 5.41) is 20.1. The molecule has 0 aliphatic carbocycles. The van der Waals surface area contributed by atoms with E-state index in [1.165, 1.54) is 20.9 Å². The second-order valence-electron chi connectivity index (χ2n) is 3.27. The normalized spacial score (nSPS) is 17.2. The van der Waals surface area contributed by atoms with E-state index in [-0.39, 0.29) is 6.42 Å². The topological polar surface area (TPSA) is 86.6 Å². The third-order valence-electron chi connectivity index (χ3n) is 1.90. The minimum absolute atomic E-state index is 0.0952. The van der Waals surface area contributed by atoms with Crippen LogP contribution in [0.15, 0.2) is 0 Å². The summed E-state index contributed by atoms with van der Waals surface area (Å²) in [5.41, 5.74) is -1.55. The van der Waals surface area contributed by atoms with Gasteiger partial charge < -0.3 is 15.5 Å². The van der Waals surface area contributed by atoms with E-state index in [4.69, 9.17) is 10.2 Å². The van der Waals surface area contributed by atoms with Crippen LogP contribution in [0.3, 0.4) is 0 Å². The highest BCUT2D eigenvalue weighted by Crippen LogP contribution is 2.23. The van der Waals surface area contributed by atoms with Gasteiger partial charge in [0.05, 0.1) is 6.10 Å². The van der Waals surface area contributed by atoms with E-state index in [1.54, 1.807) is 0 Å². The second-order valence-corrected chi connectivity index (χ2v) is 3.27. The zero-order chi connectivity index (χ0) is 10.6. The first kappa shape index (κ1) is 11.9. The molecule has 0 fully saturated rings. The van der Waals surface area contributed by atoms with Gasteiger partial charge in [0.2, 0.25) is 5.91 Å². The molecule has 0 saturated heterocycles. The molecule has 13 heavy (non-hydrogen) atoms. The van der Waals surface area contributed by atoms with Gasteiger partial charge in [-0.05, 0) is 20.3 Å². The number of rotatable bonds is 4. The molecule has 0 aromatic rings. The molecule has 0 bridgehead atoms. The average molecular weight is 189 g/mol. The van der Waals surface area contributed by atoms with Crippen molar-refractivity contribution in [3.8, 4) is 0 Å². The summed E-state index contributed by atoms with van der Waals surface area (Å²) in [6.45, 7) is 2.74. The lowest BCUT2D eigenvalue weighted by molar-refractivity contribution is -0.156. The Hall–Kier alpha value is -1.10. The molecule has 0 rings (SSSR count). The third-order valence-corrected chi connectivity index (χ3v) is 1.90. The lowest BCUT2D eigenvalue weighted by Gasteiger charge is -2.23. The van der Waals surface area contributed by atoms with Gasteiger partial charge in [0.15, 0.2) is 0 Å². The Kier molecular flexibility index (Phi) is 3.87. The Morgan fingerprint density at radius 2 is 2.00 bits per heavy atom. The van der Waals surface area contributed by atoms with Gasteiger partial charge in [0, 0.05) is 7.05 Å². The van der Waals surface area contributed by atoms with E-state index < -0.39 is 23.4 Å². The lowest BCUT2D eigenvalue weighted by atomic mass is 9.84. The number of amides is 1. The molecule has 5 nitrogen and oxygen atoms in total.